The summed E-state index contributed by atoms with van der Waals surface area (Å²) in [5.74, 6) is -1.84. The van der Waals surface area contributed by atoms with Gasteiger partial charge in [0.1, 0.15) is 6.10 Å². The van der Waals surface area contributed by atoms with Crippen molar-refractivity contribution in [3.8, 4) is 5.75 Å². The van der Waals surface area contributed by atoms with Crippen LogP contribution >= 0.6 is 11.6 Å². The average Bonchev–Trinajstić information content (AvgIpc) is 2.33. The van der Waals surface area contributed by atoms with Crippen LogP contribution in [0.5, 0.6) is 5.75 Å². The number of benzene rings is 1. The van der Waals surface area contributed by atoms with Gasteiger partial charge in [-0.1, -0.05) is 19.9 Å². The molecular formula is C13H15ClF2O. The van der Waals surface area contributed by atoms with Crippen molar-refractivity contribution < 1.29 is 13.5 Å². The van der Waals surface area contributed by atoms with Gasteiger partial charge in [-0.25, -0.2) is 4.39 Å². The molecule has 94 valence electrons. The highest BCUT2D eigenvalue weighted by Gasteiger charge is 2.51. The number of ether oxygens (including phenoxy) is 1. The number of hydrogen-bond acceptors (Lipinski definition) is 1. The summed E-state index contributed by atoms with van der Waals surface area (Å²) in [6, 6.07) is 3.95. The SMILES string of the molecule is CCC1(C)C(Cl)CC1Oc1cccc(F)c1F. The van der Waals surface area contributed by atoms with E-state index in [1.54, 1.807) is 0 Å². The van der Waals surface area contributed by atoms with E-state index in [-0.39, 0.29) is 22.6 Å². The molecule has 0 N–H and O–H groups in total. The van der Waals surface area contributed by atoms with E-state index >= 15 is 0 Å². The summed E-state index contributed by atoms with van der Waals surface area (Å²) in [5.41, 5.74) is -0.166. The van der Waals surface area contributed by atoms with Crippen molar-refractivity contribution in [2.45, 2.75) is 38.2 Å². The lowest BCUT2D eigenvalue weighted by atomic mass is 9.65. The fraction of sp³-hybridized carbons (Fsp3) is 0.538. The molecule has 0 heterocycles. The Hall–Kier alpha value is -0.830. The summed E-state index contributed by atoms with van der Waals surface area (Å²) in [5, 5.41) is 0.0362. The largest absolute Gasteiger partial charge is 0.487 e. The summed E-state index contributed by atoms with van der Waals surface area (Å²) in [7, 11) is 0. The second-order valence-electron chi connectivity index (χ2n) is 4.72. The zero-order valence-corrected chi connectivity index (χ0v) is 10.6. The maximum Gasteiger partial charge on any atom is 0.200 e. The normalized spacial score (nSPS) is 32.1. The van der Waals surface area contributed by atoms with Gasteiger partial charge in [-0.15, -0.1) is 11.6 Å². The van der Waals surface area contributed by atoms with Crippen molar-refractivity contribution in [2.24, 2.45) is 5.41 Å². The van der Waals surface area contributed by atoms with E-state index in [9.17, 15) is 8.78 Å². The molecule has 0 saturated heterocycles. The smallest absolute Gasteiger partial charge is 0.200 e. The predicted molar refractivity (Wildman–Crippen MR) is 63.4 cm³/mol. The van der Waals surface area contributed by atoms with E-state index in [2.05, 4.69) is 0 Å². The minimum Gasteiger partial charge on any atom is -0.487 e. The summed E-state index contributed by atoms with van der Waals surface area (Å²) in [6.45, 7) is 4.03. The van der Waals surface area contributed by atoms with Crippen LogP contribution in [0, 0.1) is 17.0 Å². The minimum absolute atomic E-state index is 0.0294. The maximum atomic E-state index is 13.4. The molecule has 1 aromatic carbocycles. The van der Waals surface area contributed by atoms with Crippen LogP contribution in [-0.4, -0.2) is 11.5 Å². The van der Waals surface area contributed by atoms with Crippen molar-refractivity contribution in [1.82, 2.24) is 0 Å². The Bertz CT molecular complexity index is 424. The highest BCUT2D eigenvalue weighted by molar-refractivity contribution is 6.21. The molecule has 0 spiro atoms. The van der Waals surface area contributed by atoms with E-state index < -0.39 is 11.6 Å². The molecule has 2 rings (SSSR count). The molecular weight excluding hydrogens is 246 g/mol. The zero-order valence-electron chi connectivity index (χ0n) is 9.84. The Morgan fingerprint density at radius 1 is 1.47 bits per heavy atom. The van der Waals surface area contributed by atoms with E-state index in [1.807, 2.05) is 13.8 Å². The van der Waals surface area contributed by atoms with E-state index in [1.165, 1.54) is 12.1 Å². The van der Waals surface area contributed by atoms with Gasteiger partial charge in [-0.3, -0.25) is 0 Å². The monoisotopic (exact) mass is 260 g/mol. The first-order valence-corrected chi connectivity index (χ1v) is 6.17. The summed E-state index contributed by atoms with van der Waals surface area (Å²) < 4.78 is 32.0. The molecule has 1 nitrogen and oxygen atoms in total. The van der Waals surface area contributed by atoms with Crippen molar-refractivity contribution >= 4 is 11.6 Å². The number of hydrogen-bond donors (Lipinski definition) is 0. The zero-order chi connectivity index (χ0) is 12.6. The molecule has 3 unspecified atom stereocenters. The van der Waals surface area contributed by atoms with Crippen LogP contribution in [-0.2, 0) is 0 Å². The van der Waals surface area contributed by atoms with Gasteiger partial charge in [0, 0.05) is 17.2 Å². The van der Waals surface area contributed by atoms with Gasteiger partial charge in [0.2, 0.25) is 5.82 Å². The summed E-state index contributed by atoms with van der Waals surface area (Å²) in [6.07, 6.45) is 1.37. The maximum absolute atomic E-state index is 13.4. The third-order valence-corrected chi connectivity index (χ3v) is 4.50. The highest BCUT2D eigenvalue weighted by Crippen LogP contribution is 2.49. The molecule has 0 radical (unpaired) electrons. The standard InChI is InChI=1S/C13H15ClF2O/c1-3-13(2)10(14)7-11(13)17-9-6-4-5-8(15)12(9)16/h4-6,10-11H,3,7H2,1-2H3. The van der Waals surface area contributed by atoms with Crippen molar-refractivity contribution in [2.75, 3.05) is 0 Å². The molecule has 1 aliphatic carbocycles. The fourth-order valence-corrected chi connectivity index (χ4v) is 2.58. The van der Waals surface area contributed by atoms with Crippen molar-refractivity contribution in [3.05, 3.63) is 29.8 Å². The molecule has 0 amide bonds. The van der Waals surface area contributed by atoms with Crippen LogP contribution < -0.4 is 4.74 Å². The first kappa shape index (κ1) is 12.6. The third-order valence-electron chi connectivity index (χ3n) is 3.82. The molecule has 0 aromatic heterocycles. The van der Waals surface area contributed by atoms with Crippen LogP contribution in [0.2, 0.25) is 0 Å². The van der Waals surface area contributed by atoms with Crippen LogP contribution in [0.15, 0.2) is 18.2 Å². The van der Waals surface area contributed by atoms with Gasteiger partial charge in [0.15, 0.2) is 11.6 Å². The molecule has 1 fully saturated rings. The lowest BCUT2D eigenvalue weighted by molar-refractivity contribution is -0.0318. The lowest BCUT2D eigenvalue weighted by Crippen LogP contribution is -2.55. The topological polar surface area (TPSA) is 9.23 Å². The van der Waals surface area contributed by atoms with Gasteiger partial charge < -0.3 is 4.74 Å². The average molecular weight is 261 g/mol. The molecule has 1 aromatic rings. The number of alkyl halides is 1. The Balaban J connectivity index is 2.15. The van der Waals surface area contributed by atoms with Gasteiger partial charge in [-0.2, -0.15) is 4.39 Å². The van der Waals surface area contributed by atoms with Crippen LogP contribution in [0.4, 0.5) is 8.78 Å². The van der Waals surface area contributed by atoms with Crippen LogP contribution in [0.1, 0.15) is 26.7 Å². The molecule has 0 aliphatic heterocycles. The molecule has 1 saturated carbocycles. The van der Waals surface area contributed by atoms with E-state index in [0.717, 1.165) is 12.5 Å². The fourth-order valence-electron chi connectivity index (χ4n) is 2.13. The summed E-state index contributed by atoms with van der Waals surface area (Å²) >= 11 is 6.14. The molecule has 17 heavy (non-hydrogen) atoms. The molecule has 0 bridgehead atoms. The predicted octanol–water partition coefficient (Wildman–Crippen LogP) is 4.14. The molecule has 3 atom stereocenters. The van der Waals surface area contributed by atoms with Gasteiger partial charge in [0.05, 0.1) is 0 Å². The second-order valence-corrected chi connectivity index (χ2v) is 5.25. The summed E-state index contributed by atoms with van der Waals surface area (Å²) in [4.78, 5) is 0. The van der Waals surface area contributed by atoms with Crippen LogP contribution in [0.3, 0.4) is 0 Å². The Morgan fingerprint density at radius 3 is 2.76 bits per heavy atom. The molecule has 4 heteroatoms. The Kier molecular flexibility index (Phi) is 3.30. The van der Waals surface area contributed by atoms with Gasteiger partial charge >= 0.3 is 0 Å². The third kappa shape index (κ3) is 2.01. The van der Waals surface area contributed by atoms with Crippen molar-refractivity contribution in [3.63, 3.8) is 0 Å². The Morgan fingerprint density at radius 2 is 2.18 bits per heavy atom. The minimum atomic E-state index is -0.927. The van der Waals surface area contributed by atoms with E-state index in [0.29, 0.717) is 6.42 Å². The first-order valence-electron chi connectivity index (χ1n) is 5.73. The number of rotatable bonds is 3. The quantitative estimate of drug-likeness (QED) is 0.742. The number of halogens is 3. The van der Waals surface area contributed by atoms with Gasteiger partial charge in [-0.05, 0) is 18.6 Å². The van der Waals surface area contributed by atoms with Gasteiger partial charge in [0.25, 0.3) is 0 Å². The first-order chi connectivity index (χ1) is 7.99. The lowest BCUT2D eigenvalue weighted by Gasteiger charge is -2.50. The van der Waals surface area contributed by atoms with Crippen LogP contribution in [0.25, 0.3) is 0 Å². The van der Waals surface area contributed by atoms with Crippen molar-refractivity contribution in [1.29, 1.82) is 0 Å². The van der Waals surface area contributed by atoms with E-state index in [4.69, 9.17) is 16.3 Å². The Labute approximate surface area is 105 Å². The second kappa shape index (κ2) is 4.45. The highest BCUT2D eigenvalue weighted by atomic mass is 35.5. The molecule has 1 aliphatic rings.